The molecule has 150 valence electrons. The number of aromatic amines is 1. The highest BCUT2D eigenvalue weighted by atomic mass is 19.4. The van der Waals surface area contributed by atoms with Crippen LogP contribution < -0.4 is 15.6 Å². The summed E-state index contributed by atoms with van der Waals surface area (Å²) in [5.74, 6) is -0.845. The molecule has 3 N–H and O–H groups in total. The van der Waals surface area contributed by atoms with E-state index in [2.05, 4.69) is 26.0 Å². The Morgan fingerprint density at radius 2 is 1.72 bits per heavy atom. The van der Waals surface area contributed by atoms with Crippen LogP contribution in [0.25, 0.3) is 11.3 Å². The first-order valence-electron chi connectivity index (χ1n) is 8.11. The monoisotopic (exact) mass is 405 g/mol. The molecule has 11 heteroatoms. The topological polar surface area (TPSA) is 109 Å². The summed E-state index contributed by atoms with van der Waals surface area (Å²) >= 11 is 0. The predicted octanol–water partition coefficient (Wildman–Crippen LogP) is 2.57. The largest absolute Gasteiger partial charge is 0.497 e. The number of H-pyrrole nitrogens is 1. The molecule has 0 atom stereocenters. The highest BCUT2D eigenvalue weighted by molar-refractivity contribution is 5.98. The molecule has 0 bridgehead atoms. The van der Waals surface area contributed by atoms with Crippen molar-refractivity contribution in [2.24, 2.45) is 0 Å². The van der Waals surface area contributed by atoms with E-state index in [4.69, 9.17) is 4.74 Å². The Morgan fingerprint density at radius 1 is 1.03 bits per heavy atom. The number of nitrogens with one attached hydrogen (secondary N) is 3. The number of carbonyl (C=O) groups is 2. The molecule has 3 aromatic rings. The van der Waals surface area contributed by atoms with Crippen LogP contribution in [0.15, 0.2) is 48.7 Å². The average molecular weight is 405 g/mol. The van der Waals surface area contributed by atoms with Gasteiger partial charge in [0.15, 0.2) is 0 Å². The third kappa shape index (κ3) is 4.69. The maximum absolute atomic E-state index is 12.5. The Kier molecular flexibility index (Phi) is 5.48. The lowest BCUT2D eigenvalue weighted by Gasteiger charge is -2.08. The Morgan fingerprint density at radius 3 is 2.31 bits per heavy atom. The van der Waals surface area contributed by atoms with Gasteiger partial charge in [0, 0.05) is 11.8 Å². The zero-order valence-corrected chi connectivity index (χ0v) is 14.9. The zero-order valence-electron chi connectivity index (χ0n) is 14.9. The molecular weight excluding hydrogens is 391 g/mol. The SMILES string of the molecule is COc1ccc(-c2cc(C(=O)NNC(=O)c3ccc(C(F)(F)F)nc3)[nH]n2)cc1. The minimum absolute atomic E-state index is 0.0710. The molecule has 1 aromatic carbocycles. The van der Waals surface area contributed by atoms with Gasteiger partial charge < -0.3 is 4.74 Å². The molecule has 2 aromatic heterocycles. The van der Waals surface area contributed by atoms with Crippen LogP contribution in [0.1, 0.15) is 26.5 Å². The minimum Gasteiger partial charge on any atom is -0.497 e. The average Bonchev–Trinajstić information content (AvgIpc) is 3.21. The van der Waals surface area contributed by atoms with Crippen LogP contribution in [0.4, 0.5) is 13.2 Å². The Balaban J connectivity index is 1.60. The predicted molar refractivity (Wildman–Crippen MR) is 94.7 cm³/mol. The number of hydrazine groups is 1. The van der Waals surface area contributed by atoms with Gasteiger partial charge in [0.1, 0.15) is 17.1 Å². The van der Waals surface area contributed by atoms with Crippen molar-refractivity contribution < 1.29 is 27.5 Å². The van der Waals surface area contributed by atoms with Crippen molar-refractivity contribution >= 4 is 11.8 Å². The summed E-state index contributed by atoms with van der Waals surface area (Å²) in [6.45, 7) is 0. The van der Waals surface area contributed by atoms with Gasteiger partial charge in [-0.1, -0.05) is 0 Å². The molecule has 0 aliphatic carbocycles. The number of hydrogen-bond acceptors (Lipinski definition) is 5. The van der Waals surface area contributed by atoms with Crippen LogP contribution in [0.2, 0.25) is 0 Å². The van der Waals surface area contributed by atoms with Crippen LogP contribution >= 0.6 is 0 Å². The van der Waals surface area contributed by atoms with Crippen molar-refractivity contribution in [3.63, 3.8) is 0 Å². The molecule has 0 aliphatic rings. The number of hydrogen-bond donors (Lipinski definition) is 3. The molecule has 2 heterocycles. The molecule has 0 unspecified atom stereocenters. The van der Waals surface area contributed by atoms with Gasteiger partial charge in [-0.15, -0.1) is 0 Å². The summed E-state index contributed by atoms with van der Waals surface area (Å²) in [4.78, 5) is 27.3. The highest BCUT2D eigenvalue weighted by Gasteiger charge is 2.32. The maximum atomic E-state index is 12.5. The number of nitrogens with zero attached hydrogens (tertiary/aromatic N) is 2. The molecule has 0 saturated carbocycles. The third-order valence-corrected chi connectivity index (χ3v) is 3.81. The van der Waals surface area contributed by atoms with Crippen LogP contribution in [0.5, 0.6) is 5.75 Å². The Bertz CT molecular complexity index is 1010. The van der Waals surface area contributed by atoms with E-state index in [0.717, 1.165) is 17.8 Å². The van der Waals surface area contributed by atoms with Gasteiger partial charge in [-0.3, -0.25) is 30.5 Å². The molecule has 0 radical (unpaired) electrons. The Labute approximate surface area is 162 Å². The number of aromatic nitrogens is 3. The van der Waals surface area contributed by atoms with Gasteiger partial charge in [-0.2, -0.15) is 18.3 Å². The lowest BCUT2D eigenvalue weighted by Crippen LogP contribution is -2.41. The fraction of sp³-hybridized carbons (Fsp3) is 0.111. The number of carbonyl (C=O) groups excluding carboxylic acids is 2. The van der Waals surface area contributed by atoms with Crippen molar-refractivity contribution in [1.29, 1.82) is 0 Å². The number of pyridine rings is 1. The van der Waals surface area contributed by atoms with Gasteiger partial charge in [-0.05, 0) is 42.5 Å². The van der Waals surface area contributed by atoms with Crippen LogP contribution in [0, 0.1) is 0 Å². The van der Waals surface area contributed by atoms with E-state index in [1.807, 2.05) is 0 Å². The normalized spacial score (nSPS) is 11.0. The quantitative estimate of drug-likeness (QED) is 0.578. The van der Waals surface area contributed by atoms with Gasteiger partial charge in [0.25, 0.3) is 11.8 Å². The third-order valence-electron chi connectivity index (χ3n) is 3.81. The van der Waals surface area contributed by atoms with Crippen molar-refractivity contribution in [2.75, 3.05) is 7.11 Å². The number of halogens is 3. The number of rotatable bonds is 4. The molecule has 2 amide bonds. The minimum atomic E-state index is -4.61. The van der Waals surface area contributed by atoms with Crippen LogP contribution in [-0.2, 0) is 6.18 Å². The van der Waals surface area contributed by atoms with E-state index in [1.54, 1.807) is 31.4 Å². The van der Waals surface area contributed by atoms with E-state index in [-0.39, 0.29) is 11.3 Å². The van der Waals surface area contributed by atoms with E-state index in [1.165, 1.54) is 6.07 Å². The van der Waals surface area contributed by atoms with Crippen LogP contribution in [0.3, 0.4) is 0 Å². The first-order valence-corrected chi connectivity index (χ1v) is 8.11. The fourth-order valence-electron chi connectivity index (χ4n) is 2.30. The van der Waals surface area contributed by atoms with Gasteiger partial charge >= 0.3 is 6.18 Å². The fourth-order valence-corrected chi connectivity index (χ4v) is 2.30. The van der Waals surface area contributed by atoms with Crippen molar-refractivity contribution in [3.05, 3.63) is 65.6 Å². The molecule has 0 aliphatic heterocycles. The zero-order chi connectivity index (χ0) is 21.0. The number of methoxy groups -OCH3 is 1. The van der Waals surface area contributed by atoms with Crippen molar-refractivity contribution in [3.8, 4) is 17.0 Å². The summed E-state index contributed by atoms with van der Waals surface area (Å²) in [6, 6.07) is 10.1. The Hall–Kier alpha value is -3.89. The van der Waals surface area contributed by atoms with E-state index < -0.39 is 23.7 Å². The maximum Gasteiger partial charge on any atom is 0.433 e. The molecule has 0 fully saturated rings. The standard InChI is InChI=1S/C18H14F3N5O3/c1-29-12-5-2-10(3-6-12)13-8-14(24-23-13)17(28)26-25-16(27)11-4-7-15(22-9-11)18(19,20)21/h2-9H,1H3,(H,23,24)(H,25,27)(H,26,28). The van der Waals surface area contributed by atoms with Crippen LogP contribution in [-0.4, -0.2) is 34.1 Å². The van der Waals surface area contributed by atoms with E-state index in [9.17, 15) is 22.8 Å². The summed E-state index contributed by atoms with van der Waals surface area (Å²) in [5, 5.41) is 6.56. The van der Waals surface area contributed by atoms with E-state index >= 15 is 0 Å². The second kappa shape index (κ2) is 8.00. The van der Waals surface area contributed by atoms with Crippen molar-refractivity contribution in [1.82, 2.24) is 26.0 Å². The second-order valence-corrected chi connectivity index (χ2v) is 5.73. The molecule has 0 saturated heterocycles. The number of ether oxygens (including phenoxy) is 1. The molecule has 8 nitrogen and oxygen atoms in total. The van der Waals surface area contributed by atoms with E-state index in [0.29, 0.717) is 17.5 Å². The number of alkyl halides is 3. The second-order valence-electron chi connectivity index (χ2n) is 5.73. The summed E-state index contributed by atoms with van der Waals surface area (Å²) < 4.78 is 42.5. The first kappa shape index (κ1) is 19.9. The molecule has 3 rings (SSSR count). The number of benzene rings is 1. The summed E-state index contributed by atoms with van der Waals surface area (Å²) in [7, 11) is 1.54. The van der Waals surface area contributed by atoms with Gasteiger partial charge in [-0.25, -0.2) is 0 Å². The molecular formula is C18H14F3N5O3. The summed E-state index contributed by atoms with van der Waals surface area (Å²) in [5.41, 5.74) is 4.27. The number of amides is 2. The lowest BCUT2D eigenvalue weighted by molar-refractivity contribution is -0.141. The molecule has 0 spiro atoms. The lowest BCUT2D eigenvalue weighted by atomic mass is 10.1. The van der Waals surface area contributed by atoms with Crippen molar-refractivity contribution in [2.45, 2.75) is 6.18 Å². The van der Waals surface area contributed by atoms with Gasteiger partial charge in [0.05, 0.1) is 18.4 Å². The molecule has 29 heavy (non-hydrogen) atoms. The van der Waals surface area contributed by atoms with Gasteiger partial charge in [0.2, 0.25) is 0 Å². The highest BCUT2D eigenvalue weighted by Crippen LogP contribution is 2.27. The smallest absolute Gasteiger partial charge is 0.433 e. The summed E-state index contributed by atoms with van der Waals surface area (Å²) in [6.07, 6.45) is -3.84. The first-order chi connectivity index (χ1) is 13.8.